The van der Waals surface area contributed by atoms with E-state index in [0.29, 0.717) is 27.7 Å². The van der Waals surface area contributed by atoms with E-state index in [1.165, 1.54) is 23.5 Å². The monoisotopic (exact) mass is 469 g/mol. The van der Waals surface area contributed by atoms with E-state index in [0.717, 1.165) is 16.1 Å². The first kappa shape index (κ1) is 21.8. The molecule has 4 rings (SSSR count). The van der Waals surface area contributed by atoms with E-state index in [-0.39, 0.29) is 5.82 Å². The third kappa shape index (κ3) is 4.58. The van der Waals surface area contributed by atoms with Gasteiger partial charge in [-0.25, -0.2) is 14.1 Å². The fourth-order valence-corrected chi connectivity index (χ4v) is 4.66. The lowest BCUT2D eigenvalue weighted by molar-refractivity contribution is 0.324. The molecule has 0 fully saturated rings. The van der Waals surface area contributed by atoms with E-state index < -0.39 is 0 Å². The Labute approximate surface area is 192 Å². The zero-order valence-electron chi connectivity index (χ0n) is 17.6. The van der Waals surface area contributed by atoms with Gasteiger partial charge in [0.1, 0.15) is 5.82 Å². The third-order valence-corrected chi connectivity index (χ3v) is 6.23. The van der Waals surface area contributed by atoms with Crippen LogP contribution in [-0.2, 0) is 0 Å². The maximum absolute atomic E-state index is 13.3. The van der Waals surface area contributed by atoms with E-state index in [1.807, 2.05) is 35.0 Å². The van der Waals surface area contributed by atoms with Crippen molar-refractivity contribution in [3.63, 3.8) is 0 Å². The molecule has 0 unspecified atom stereocenters. The van der Waals surface area contributed by atoms with E-state index in [4.69, 9.17) is 19.3 Å². The van der Waals surface area contributed by atoms with Gasteiger partial charge in [0.25, 0.3) is 0 Å². The minimum absolute atomic E-state index is 0.303. The largest absolute Gasteiger partial charge is 0.493 e. The molecule has 2 aromatic carbocycles. The molecule has 2 aromatic heterocycles. The second kappa shape index (κ2) is 9.80. The molecule has 0 N–H and O–H groups in total. The molecule has 32 heavy (non-hydrogen) atoms. The Morgan fingerprint density at radius 1 is 0.938 bits per heavy atom. The zero-order valence-corrected chi connectivity index (χ0v) is 19.2. The van der Waals surface area contributed by atoms with Crippen molar-refractivity contribution in [2.75, 3.05) is 21.3 Å². The molecular formula is C23H20FN3O3S2. The van der Waals surface area contributed by atoms with Crippen molar-refractivity contribution in [2.45, 2.75) is 0 Å². The molecule has 0 spiro atoms. The number of ether oxygens (including phenoxy) is 3. The molecule has 0 aliphatic rings. The molecule has 0 radical (unpaired) electrons. The van der Waals surface area contributed by atoms with Crippen LogP contribution < -0.4 is 19.0 Å². The SMILES string of the molecule is COc1cc(C=Nn2c(-c3cccs3)csc2=Nc2ccc(F)cc2)cc(OC)c1OC. The van der Waals surface area contributed by atoms with Crippen LogP contribution in [0, 0.1) is 5.82 Å². The van der Waals surface area contributed by atoms with Gasteiger partial charge in [0.05, 0.1) is 43.8 Å². The Kier molecular flexibility index (Phi) is 6.67. The van der Waals surface area contributed by atoms with Gasteiger partial charge in [-0.2, -0.15) is 5.10 Å². The highest BCUT2D eigenvalue weighted by Crippen LogP contribution is 2.37. The number of hydrogen-bond donors (Lipinski definition) is 0. The van der Waals surface area contributed by atoms with E-state index in [2.05, 4.69) is 4.99 Å². The second-order valence-electron chi connectivity index (χ2n) is 6.48. The molecule has 4 aromatic rings. The number of halogens is 1. The number of benzene rings is 2. The first-order chi connectivity index (χ1) is 15.6. The fraction of sp³-hybridized carbons (Fsp3) is 0.130. The summed E-state index contributed by atoms with van der Waals surface area (Å²) in [6, 6.07) is 13.7. The summed E-state index contributed by atoms with van der Waals surface area (Å²) < 4.78 is 31.3. The summed E-state index contributed by atoms with van der Waals surface area (Å²) >= 11 is 3.07. The van der Waals surface area contributed by atoms with Gasteiger partial charge in [0, 0.05) is 10.9 Å². The lowest BCUT2D eigenvalue weighted by atomic mass is 10.2. The summed E-state index contributed by atoms with van der Waals surface area (Å²) in [5.41, 5.74) is 2.32. The van der Waals surface area contributed by atoms with Crippen molar-refractivity contribution < 1.29 is 18.6 Å². The highest BCUT2D eigenvalue weighted by molar-refractivity contribution is 7.14. The van der Waals surface area contributed by atoms with Gasteiger partial charge in [-0.1, -0.05) is 6.07 Å². The average Bonchev–Trinajstić information content (AvgIpc) is 3.48. The number of methoxy groups -OCH3 is 3. The van der Waals surface area contributed by atoms with E-state index in [1.54, 1.807) is 55.7 Å². The minimum Gasteiger partial charge on any atom is -0.493 e. The summed E-state index contributed by atoms with van der Waals surface area (Å²) in [6.45, 7) is 0. The minimum atomic E-state index is -0.303. The van der Waals surface area contributed by atoms with Crippen molar-refractivity contribution in [1.82, 2.24) is 4.68 Å². The third-order valence-electron chi connectivity index (χ3n) is 4.52. The first-order valence-corrected chi connectivity index (χ1v) is 11.3. The quantitative estimate of drug-likeness (QED) is 0.333. The number of thiazole rings is 1. The summed E-state index contributed by atoms with van der Waals surface area (Å²) in [6.07, 6.45) is 1.71. The van der Waals surface area contributed by atoms with Gasteiger partial charge in [-0.05, 0) is 47.8 Å². The molecule has 0 amide bonds. The molecule has 0 atom stereocenters. The highest BCUT2D eigenvalue weighted by Gasteiger charge is 2.13. The van der Waals surface area contributed by atoms with E-state index in [9.17, 15) is 4.39 Å². The lowest BCUT2D eigenvalue weighted by Gasteiger charge is -2.12. The van der Waals surface area contributed by atoms with Crippen molar-refractivity contribution in [3.8, 4) is 27.8 Å². The Bertz CT molecular complexity index is 1270. The molecule has 6 nitrogen and oxygen atoms in total. The summed E-state index contributed by atoms with van der Waals surface area (Å²) in [7, 11) is 4.70. The van der Waals surface area contributed by atoms with Crippen molar-refractivity contribution in [2.24, 2.45) is 10.1 Å². The van der Waals surface area contributed by atoms with Gasteiger partial charge < -0.3 is 14.2 Å². The van der Waals surface area contributed by atoms with Gasteiger partial charge >= 0.3 is 0 Å². The van der Waals surface area contributed by atoms with Crippen LogP contribution in [0.5, 0.6) is 17.2 Å². The van der Waals surface area contributed by atoms with Crippen LogP contribution in [0.15, 0.2) is 69.4 Å². The summed E-state index contributed by atoms with van der Waals surface area (Å²) in [5.74, 6) is 1.29. The van der Waals surface area contributed by atoms with Gasteiger partial charge in [-0.3, -0.25) is 0 Å². The molecule has 0 bridgehead atoms. The number of nitrogens with zero attached hydrogens (tertiary/aromatic N) is 3. The summed E-state index contributed by atoms with van der Waals surface area (Å²) in [4.78, 5) is 6.37. The van der Waals surface area contributed by atoms with E-state index >= 15 is 0 Å². The van der Waals surface area contributed by atoms with Gasteiger partial charge in [-0.15, -0.1) is 22.7 Å². The molecule has 2 heterocycles. The molecule has 0 saturated carbocycles. The number of aromatic nitrogens is 1. The lowest BCUT2D eigenvalue weighted by Crippen LogP contribution is -2.11. The van der Waals surface area contributed by atoms with Crippen LogP contribution >= 0.6 is 22.7 Å². The normalized spacial score (nSPS) is 11.8. The highest BCUT2D eigenvalue weighted by atomic mass is 32.1. The van der Waals surface area contributed by atoms with Crippen LogP contribution in [-0.4, -0.2) is 32.2 Å². The van der Waals surface area contributed by atoms with Gasteiger partial charge in [0.15, 0.2) is 11.5 Å². The Morgan fingerprint density at radius 3 is 2.25 bits per heavy atom. The molecule has 0 aliphatic heterocycles. The van der Waals surface area contributed by atoms with Crippen molar-refractivity contribution in [3.05, 3.63) is 75.5 Å². The Balaban J connectivity index is 1.81. The zero-order chi connectivity index (χ0) is 22.5. The predicted molar refractivity (Wildman–Crippen MR) is 126 cm³/mol. The Morgan fingerprint density at radius 2 is 1.66 bits per heavy atom. The fourth-order valence-electron chi connectivity index (χ4n) is 3.01. The van der Waals surface area contributed by atoms with Crippen molar-refractivity contribution >= 4 is 34.6 Å². The molecule has 0 aliphatic carbocycles. The smallest absolute Gasteiger partial charge is 0.211 e. The van der Waals surface area contributed by atoms with Crippen LogP contribution in [0.25, 0.3) is 10.6 Å². The van der Waals surface area contributed by atoms with Crippen LogP contribution in [0.3, 0.4) is 0 Å². The molecule has 164 valence electrons. The van der Waals surface area contributed by atoms with Crippen LogP contribution in [0.1, 0.15) is 5.56 Å². The van der Waals surface area contributed by atoms with Crippen LogP contribution in [0.2, 0.25) is 0 Å². The van der Waals surface area contributed by atoms with Gasteiger partial charge in [0.2, 0.25) is 10.6 Å². The summed E-state index contributed by atoms with van der Waals surface area (Å²) in [5, 5.41) is 8.71. The first-order valence-electron chi connectivity index (χ1n) is 9.52. The van der Waals surface area contributed by atoms with Crippen LogP contribution in [0.4, 0.5) is 10.1 Å². The standard InChI is InChI=1S/C23H20FN3O3S2/c1-28-19-11-15(12-20(29-2)22(19)30-3)13-25-27-18(21-5-4-10-31-21)14-32-23(27)26-17-8-6-16(24)7-9-17/h4-14H,1-3H3. The van der Waals surface area contributed by atoms with Crippen molar-refractivity contribution in [1.29, 1.82) is 0 Å². The molecule has 0 saturated heterocycles. The number of thiophene rings is 1. The predicted octanol–water partition coefficient (Wildman–Crippen LogP) is 5.56. The second-order valence-corrected chi connectivity index (χ2v) is 8.27. The number of hydrogen-bond acceptors (Lipinski definition) is 7. The molecular weight excluding hydrogens is 449 g/mol. The maximum Gasteiger partial charge on any atom is 0.211 e. The number of rotatable bonds is 7. The molecule has 9 heteroatoms. The Hall–Kier alpha value is -3.43. The average molecular weight is 470 g/mol. The topological polar surface area (TPSA) is 57.3 Å². The maximum atomic E-state index is 13.3.